The molecule has 0 saturated heterocycles. The zero-order chi connectivity index (χ0) is 23.8. The van der Waals surface area contributed by atoms with Crippen LogP contribution in [0.5, 0.6) is 11.5 Å². The van der Waals surface area contributed by atoms with Crippen LogP contribution in [-0.2, 0) is 5.75 Å². The average molecular weight is 477 g/mol. The maximum absolute atomic E-state index is 13.9. The fraction of sp³-hybridized carbons (Fsp3) is 0.160. The van der Waals surface area contributed by atoms with Crippen molar-refractivity contribution in [1.82, 2.24) is 19.2 Å². The van der Waals surface area contributed by atoms with Crippen LogP contribution in [0, 0.1) is 12.7 Å². The van der Waals surface area contributed by atoms with Crippen LogP contribution in [0.2, 0.25) is 0 Å². The van der Waals surface area contributed by atoms with Crippen molar-refractivity contribution in [1.29, 1.82) is 0 Å². The molecule has 9 heteroatoms. The van der Waals surface area contributed by atoms with Crippen LogP contribution in [-0.4, -0.2) is 33.4 Å². The molecule has 2 aromatic heterocycles. The molecular formula is C25H21FN4O3S. The van der Waals surface area contributed by atoms with E-state index in [0.29, 0.717) is 50.3 Å². The first-order valence-corrected chi connectivity index (χ1v) is 11.5. The average Bonchev–Trinajstić information content (AvgIpc) is 3.27. The minimum atomic E-state index is -0.340. The second-order valence-corrected chi connectivity index (χ2v) is 8.64. The number of hydrogen-bond acceptors (Lipinski definition) is 6. The lowest BCUT2D eigenvalue weighted by atomic mass is 10.2. The molecule has 0 atom stereocenters. The van der Waals surface area contributed by atoms with Gasteiger partial charge in [0.2, 0.25) is 5.78 Å². The Morgan fingerprint density at radius 3 is 2.53 bits per heavy atom. The zero-order valence-electron chi connectivity index (χ0n) is 18.8. The van der Waals surface area contributed by atoms with Gasteiger partial charge in [0.15, 0.2) is 5.16 Å². The molecular weight excluding hydrogens is 455 g/mol. The van der Waals surface area contributed by atoms with Gasteiger partial charge in [0.1, 0.15) is 17.3 Å². The second-order valence-electron chi connectivity index (χ2n) is 7.70. The molecule has 0 radical (unpaired) electrons. The summed E-state index contributed by atoms with van der Waals surface area (Å²) in [5, 5.41) is 9.85. The number of aromatic nitrogens is 4. The molecule has 5 aromatic rings. The summed E-state index contributed by atoms with van der Waals surface area (Å²) in [6.07, 6.45) is 0. The highest BCUT2D eigenvalue weighted by Gasteiger charge is 2.20. The summed E-state index contributed by atoms with van der Waals surface area (Å²) in [7, 11) is 3.12. The van der Waals surface area contributed by atoms with Gasteiger partial charge in [-0.2, -0.15) is 0 Å². The van der Waals surface area contributed by atoms with Crippen LogP contribution in [0.15, 0.2) is 70.6 Å². The molecule has 0 bridgehead atoms. The molecule has 0 fully saturated rings. The molecule has 0 aliphatic carbocycles. The molecule has 5 rings (SSSR count). The van der Waals surface area contributed by atoms with Crippen molar-refractivity contribution in [2.45, 2.75) is 17.8 Å². The predicted octanol–water partition coefficient (Wildman–Crippen LogP) is 4.79. The van der Waals surface area contributed by atoms with E-state index in [1.54, 1.807) is 26.4 Å². The highest BCUT2D eigenvalue weighted by atomic mass is 32.2. The molecule has 0 aliphatic heterocycles. The number of methoxy groups -OCH3 is 2. The molecule has 34 heavy (non-hydrogen) atoms. The standard InChI is InChI=1S/C25H21FN4O3S/c1-15-8-10-22(33-3)20(12-15)29-23(31)18-6-4-5-7-19(18)30-24(29)27-28-25(30)34-14-16-13-17(26)9-11-21(16)32-2/h4-13H,14H2,1-3H3. The van der Waals surface area contributed by atoms with Crippen molar-refractivity contribution in [2.24, 2.45) is 0 Å². The molecule has 0 saturated carbocycles. The number of para-hydroxylation sites is 1. The smallest absolute Gasteiger partial charge is 0.267 e. The van der Waals surface area contributed by atoms with Crippen LogP contribution in [0.25, 0.3) is 22.4 Å². The van der Waals surface area contributed by atoms with Gasteiger partial charge in [0, 0.05) is 11.3 Å². The fourth-order valence-corrected chi connectivity index (χ4v) is 4.88. The highest BCUT2D eigenvalue weighted by molar-refractivity contribution is 7.98. The summed E-state index contributed by atoms with van der Waals surface area (Å²) in [5.74, 6) is 1.57. The highest BCUT2D eigenvalue weighted by Crippen LogP contribution is 2.31. The molecule has 0 aliphatic rings. The molecule has 0 spiro atoms. The van der Waals surface area contributed by atoms with Crippen LogP contribution in [0.1, 0.15) is 11.1 Å². The van der Waals surface area contributed by atoms with Gasteiger partial charge in [-0.05, 0) is 55.0 Å². The fourth-order valence-electron chi connectivity index (χ4n) is 3.97. The first-order chi connectivity index (χ1) is 16.5. The molecule has 2 heterocycles. The summed E-state index contributed by atoms with van der Waals surface area (Å²) >= 11 is 1.38. The van der Waals surface area contributed by atoms with E-state index >= 15 is 0 Å². The van der Waals surface area contributed by atoms with E-state index in [4.69, 9.17) is 9.47 Å². The molecule has 0 amide bonds. The number of halogens is 1. The van der Waals surface area contributed by atoms with E-state index in [0.717, 1.165) is 5.56 Å². The van der Waals surface area contributed by atoms with Crippen LogP contribution in [0.3, 0.4) is 0 Å². The number of fused-ring (bicyclic) bond motifs is 3. The van der Waals surface area contributed by atoms with Gasteiger partial charge in [-0.1, -0.05) is 30.0 Å². The Morgan fingerprint density at radius 1 is 0.971 bits per heavy atom. The van der Waals surface area contributed by atoms with E-state index in [-0.39, 0.29) is 11.4 Å². The minimum absolute atomic E-state index is 0.220. The summed E-state index contributed by atoms with van der Waals surface area (Å²) in [4.78, 5) is 13.6. The summed E-state index contributed by atoms with van der Waals surface area (Å²) < 4.78 is 28.1. The van der Waals surface area contributed by atoms with Crippen molar-refractivity contribution in [3.05, 3.63) is 88.0 Å². The van der Waals surface area contributed by atoms with Gasteiger partial charge in [0.25, 0.3) is 5.56 Å². The van der Waals surface area contributed by atoms with Crippen molar-refractivity contribution >= 4 is 28.4 Å². The molecule has 0 unspecified atom stereocenters. The Balaban J connectivity index is 1.73. The SMILES string of the molecule is COc1ccc(F)cc1CSc1nnc2n(-c3cc(C)ccc3OC)c(=O)c3ccccc3n12. The number of nitrogens with zero attached hydrogens (tertiary/aromatic N) is 4. The van der Waals surface area contributed by atoms with E-state index < -0.39 is 0 Å². The Hall–Kier alpha value is -3.85. The first kappa shape index (κ1) is 22.0. The van der Waals surface area contributed by atoms with E-state index in [9.17, 15) is 9.18 Å². The zero-order valence-corrected chi connectivity index (χ0v) is 19.6. The second kappa shape index (κ2) is 8.83. The minimum Gasteiger partial charge on any atom is -0.496 e. The number of thioether (sulfide) groups is 1. The number of ether oxygens (including phenoxy) is 2. The summed E-state index contributed by atoms with van der Waals surface area (Å²) in [6, 6.07) is 17.4. The summed E-state index contributed by atoms with van der Waals surface area (Å²) in [5.41, 5.74) is 2.72. The maximum Gasteiger partial charge on any atom is 0.267 e. The largest absolute Gasteiger partial charge is 0.496 e. The van der Waals surface area contributed by atoms with Crippen molar-refractivity contribution in [3.8, 4) is 17.2 Å². The third-order valence-electron chi connectivity index (χ3n) is 5.57. The predicted molar refractivity (Wildman–Crippen MR) is 130 cm³/mol. The summed E-state index contributed by atoms with van der Waals surface area (Å²) in [6.45, 7) is 1.95. The van der Waals surface area contributed by atoms with Crippen LogP contribution >= 0.6 is 11.8 Å². The monoisotopic (exact) mass is 476 g/mol. The Morgan fingerprint density at radius 2 is 1.74 bits per heavy atom. The maximum atomic E-state index is 13.9. The van der Waals surface area contributed by atoms with Gasteiger partial charge in [-0.15, -0.1) is 10.2 Å². The normalized spacial score (nSPS) is 11.3. The van der Waals surface area contributed by atoms with Crippen LogP contribution < -0.4 is 15.0 Å². The Bertz CT molecular complexity index is 1600. The number of aryl methyl sites for hydroxylation is 1. The lowest BCUT2D eigenvalue weighted by Gasteiger charge is -2.15. The van der Waals surface area contributed by atoms with Gasteiger partial charge in [-0.25, -0.2) is 8.96 Å². The van der Waals surface area contributed by atoms with Gasteiger partial charge in [-0.3, -0.25) is 9.20 Å². The van der Waals surface area contributed by atoms with Crippen molar-refractivity contribution in [3.63, 3.8) is 0 Å². The van der Waals surface area contributed by atoms with E-state index in [2.05, 4.69) is 10.2 Å². The molecule has 172 valence electrons. The number of hydrogen-bond donors (Lipinski definition) is 0. The molecule has 0 N–H and O–H groups in total. The topological polar surface area (TPSA) is 70.7 Å². The lowest BCUT2D eigenvalue weighted by Crippen LogP contribution is -2.22. The quantitative estimate of drug-likeness (QED) is 0.328. The van der Waals surface area contributed by atoms with Gasteiger partial charge < -0.3 is 9.47 Å². The molecule has 7 nitrogen and oxygen atoms in total. The van der Waals surface area contributed by atoms with Gasteiger partial charge >= 0.3 is 0 Å². The first-order valence-electron chi connectivity index (χ1n) is 10.5. The van der Waals surface area contributed by atoms with Crippen molar-refractivity contribution < 1.29 is 13.9 Å². The number of benzene rings is 3. The number of rotatable bonds is 6. The molecule has 3 aromatic carbocycles. The van der Waals surface area contributed by atoms with E-state index in [1.165, 1.54) is 28.5 Å². The van der Waals surface area contributed by atoms with Crippen LogP contribution in [0.4, 0.5) is 4.39 Å². The third-order valence-corrected chi connectivity index (χ3v) is 6.55. The Kier molecular flexibility index (Phi) is 5.70. The van der Waals surface area contributed by atoms with E-state index in [1.807, 2.05) is 47.7 Å². The lowest BCUT2D eigenvalue weighted by molar-refractivity contribution is 0.410. The van der Waals surface area contributed by atoms with Crippen molar-refractivity contribution in [2.75, 3.05) is 14.2 Å². The third kappa shape index (κ3) is 3.67. The Labute approximate surface area is 198 Å². The van der Waals surface area contributed by atoms with Gasteiger partial charge in [0.05, 0.1) is 30.8 Å².